The van der Waals surface area contributed by atoms with E-state index < -0.39 is 0 Å². The van der Waals surface area contributed by atoms with Crippen LogP contribution < -0.4 is 5.32 Å². The summed E-state index contributed by atoms with van der Waals surface area (Å²) in [4.78, 5) is 12.4. The molecule has 1 N–H and O–H groups in total. The predicted molar refractivity (Wildman–Crippen MR) is 73.8 cm³/mol. The van der Waals surface area contributed by atoms with E-state index in [-0.39, 0.29) is 5.91 Å². The molecule has 2 aromatic heterocycles. The van der Waals surface area contributed by atoms with Gasteiger partial charge in [0.1, 0.15) is 0 Å². The molecule has 0 unspecified atom stereocenters. The molecular formula is C13H17N3O2S. The van der Waals surface area contributed by atoms with Gasteiger partial charge in [-0.3, -0.25) is 4.79 Å². The number of aromatic nitrogens is 2. The molecule has 2 aromatic rings. The molecule has 5 nitrogen and oxygen atoms in total. The summed E-state index contributed by atoms with van der Waals surface area (Å²) in [6, 6.07) is 3.88. The average Bonchev–Trinajstić information content (AvgIpc) is 3.06. The standard InChI is InChI=1S/C13H17N3O2S/c1-2-3-6-11(17)14-8-7-12-15-16-13(18-12)10-5-4-9-19-10/h4-5,9H,2-3,6-8H2,1H3,(H,14,17). The minimum Gasteiger partial charge on any atom is -0.420 e. The molecule has 0 saturated carbocycles. The largest absolute Gasteiger partial charge is 0.420 e. The van der Waals surface area contributed by atoms with Crippen molar-refractivity contribution in [1.82, 2.24) is 15.5 Å². The van der Waals surface area contributed by atoms with Crippen LogP contribution in [0.25, 0.3) is 10.8 Å². The van der Waals surface area contributed by atoms with Crippen LogP contribution in [0.1, 0.15) is 32.1 Å². The highest BCUT2D eigenvalue weighted by Crippen LogP contribution is 2.22. The van der Waals surface area contributed by atoms with E-state index in [0.717, 1.165) is 17.7 Å². The molecule has 0 saturated heterocycles. The van der Waals surface area contributed by atoms with Crippen LogP contribution in [0.5, 0.6) is 0 Å². The van der Waals surface area contributed by atoms with Crippen molar-refractivity contribution in [3.63, 3.8) is 0 Å². The fraction of sp³-hybridized carbons (Fsp3) is 0.462. The first-order valence-electron chi connectivity index (χ1n) is 6.42. The molecule has 0 atom stereocenters. The number of rotatable bonds is 7. The molecule has 2 rings (SSSR count). The molecule has 2 heterocycles. The van der Waals surface area contributed by atoms with Crippen molar-refractivity contribution >= 4 is 17.2 Å². The van der Waals surface area contributed by atoms with Gasteiger partial charge >= 0.3 is 0 Å². The van der Waals surface area contributed by atoms with Crippen LogP contribution in [0.4, 0.5) is 0 Å². The fourth-order valence-corrected chi connectivity index (χ4v) is 2.23. The predicted octanol–water partition coefficient (Wildman–Crippen LogP) is 2.65. The van der Waals surface area contributed by atoms with Crippen LogP contribution in [0.2, 0.25) is 0 Å². The minimum absolute atomic E-state index is 0.0832. The van der Waals surface area contributed by atoms with Gasteiger partial charge in [-0.2, -0.15) is 0 Å². The second-order valence-corrected chi connectivity index (χ2v) is 5.13. The van der Waals surface area contributed by atoms with Gasteiger partial charge in [0.05, 0.1) is 4.88 Å². The van der Waals surface area contributed by atoms with Crippen LogP contribution in [-0.4, -0.2) is 22.6 Å². The Kier molecular flexibility index (Phi) is 5.09. The summed E-state index contributed by atoms with van der Waals surface area (Å²) < 4.78 is 5.53. The quantitative estimate of drug-likeness (QED) is 0.846. The highest BCUT2D eigenvalue weighted by molar-refractivity contribution is 7.13. The lowest BCUT2D eigenvalue weighted by Crippen LogP contribution is -2.25. The van der Waals surface area contributed by atoms with Crippen molar-refractivity contribution in [3.8, 4) is 10.8 Å². The van der Waals surface area contributed by atoms with Gasteiger partial charge in [0.15, 0.2) is 0 Å². The maximum absolute atomic E-state index is 11.4. The van der Waals surface area contributed by atoms with E-state index in [1.54, 1.807) is 11.3 Å². The molecular weight excluding hydrogens is 262 g/mol. The Bertz CT molecular complexity index is 508. The zero-order valence-corrected chi connectivity index (χ0v) is 11.7. The summed E-state index contributed by atoms with van der Waals surface area (Å²) >= 11 is 1.56. The van der Waals surface area contributed by atoms with Gasteiger partial charge < -0.3 is 9.73 Å². The number of hydrogen-bond acceptors (Lipinski definition) is 5. The first-order chi connectivity index (χ1) is 9.29. The number of unbranched alkanes of at least 4 members (excludes halogenated alkanes) is 1. The number of nitrogens with one attached hydrogen (secondary N) is 1. The first-order valence-corrected chi connectivity index (χ1v) is 7.30. The number of carbonyl (C=O) groups excluding carboxylic acids is 1. The van der Waals surface area contributed by atoms with Crippen LogP contribution in [0, 0.1) is 0 Å². The van der Waals surface area contributed by atoms with E-state index in [9.17, 15) is 4.79 Å². The van der Waals surface area contributed by atoms with Crippen molar-refractivity contribution in [1.29, 1.82) is 0 Å². The molecule has 1 amide bonds. The molecule has 0 bridgehead atoms. The van der Waals surface area contributed by atoms with Crippen LogP contribution in [0.3, 0.4) is 0 Å². The third-order valence-electron chi connectivity index (χ3n) is 2.62. The molecule has 19 heavy (non-hydrogen) atoms. The maximum Gasteiger partial charge on any atom is 0.257 e. The summed E-state index contributed by atoms with van der Waals surface area (Å²) in [6.07, 6.45) is 3.10. The van der Waals surface area contributed by atoms with E-state index in [4.69, 9.17) is 4.42 Å². The highest BCUT2D eigenvalue weighted by atomic mass is 32.1. The summed E-state index contributed by atoms with van der Waals surface area (Å²) in [6.45, 7) is 2.60. The molecule has 102 valence electrons. The van der Waals surface area contributed by atoms with Crippen LogP contribution >= 0.6 is 11.3 Å². The Balaban J connectivity index is 1.76. The van der Waals surface area contributed by atoms with Crippen LogP contribution in [-0.2, 0) is 11.2 Å². The molecule has 0 aliphatic carbocycles. The number of nitrogens with zero attached hydrogens (tertiary/aromatic N) is 2. The van der Waals surface area contributed by atoms with Gasteiger partial charge in [0.25, 0.3) is 5.89 Å². The Morgan fingerprint density at radius 2 is 2.37 bits per heavy atom. The molecule has 0 aromatic carbocycles. The van der Waals surface area contributed by atoms with Crippen LogP contribution in [0.15, 0.2) is 21.9 Å². The van der Waals surface area contributed by atoms with E-state index in [0.29, 0.717) is 31.2 Å². The van der Waals surface area contributed by atoms with Crippen molar-refractivity contribution in [2.24, 2.45) is 0 Å². The van der Waals surface area contributed by atoms with E-state index in [2.05, 4.69) is 22.4 Å². The fourth-order valence-electron chi connectivity index (χ4n) is 1.59. The summed E-state index contributed by atoms with van der Waals surface area (Å²) in [5.41, 5.74) is 0. The topological polar surface area (TPSA) is 68.0 Å². The third kappa shape index (κ3) is 4.17. The molecule has 6 heteroatoms. The third-order valence-corrected chi connectivity index (χ3v) is 3.48. The van der Waals surface area contributed by atoms with Crippen molar-refractivity contribution in [3.05, 3.63) is 23.4 Å². The summed E-state index contributed by atoms with van der Waals surface area (Å²) in [7, 11) is 0. The van der Waals surface area contributed by atoms with Gasteiger partial charge in [0, 0.05) is 19.4 Å². The minimum atomic E-state index is 0.0832. The SMILES string of the molecule is CCCCC(=O)NCCc1nnc(-c2cccs2)o1. The monoisotopic (exact) mass is 279 g/mol. The lowest BCUT2D eigenvalue weighted by Gasteiger charge is -2.01. The molecule has 0 spiro atoms. The highest BCUT2D eigenvalue weighted by Gasteiger charge is 2.09. The average molecular weight is 279 g/mol. The normalized spacial score (nSPS) is 10.6. The molecule has 0 radical (unpaired) electrons. The Morgan fingerprint density at radius 1 is 1.47 bits per heavy atom. The molecule has 0 fully saturated rings. The van der Waals surface area contributed by atoms with Gasteiger partial charge in [-0.15, -0.1) is 21.5 Å². The van der Waals surface area contributed by atoms with Crippen molar-refractivity contribution in [2.75, 3.05) is 6.54 Å². The Labute approximate surface area is 116 Å². The molecule has 0 aliphatic rings. The lowest BCUT2D eigenvalue weighted by molar-refractivity contribution is -0.121. The van der Waals surface area contributed by atoms with Crippen molar-refractivity contribution in [2.45, 2.75) is 32.6 Å². The number of hydrogen-bond donors (Lipinski definition) is 1. The summed E-state index contributed by atoms with van der Waals surface area (Å²) in [5, 5.41) is 12.8. The molecule has 0 aliphatic heterocycles. The van der Waals surface area contributed by atoms with E-state index in [1.807, 2.05) is 17.5 Å². The Hall–Kier alpha value is -1.69. The van der Waals surface area contributed by atoms with Gasteiger partial charge in [-0.1, -0.05) is 19.4 Å². The van der Waals surface area contributed by atoms with Crippen molar-refractivity contribution < 1.29 is 9.21 Å². The van der Waals surface area contributed by atoms with E-state index in [1.165, 1.54) is 0 Å². The smallest absolute Gasteiger partial charge is 0.257 e. The second kappa shape index (κ2) is 7.04. The second-order valence-electron chi connectivity index (χ2n) is 4.18. The first kappa shape index (κ1) is 13.7. The van der Waals surface area contributed by atoms with Gasteiger partial charge in [-0.25, -0.2) is 0 Å². The number of amides is 1. The zero-order valence-electron chi connectivity index (χ0n) is 10.9. The Morgan fingerprint density at radius 3 is 3.11 bits per heavy atom. The maximum atomic E-state index is 11.4. The number of carbonyl (C=O) groups is 1. The number of thiophene rings is 1. The van der Waals surface area contributed by atoms with Gasteiger partial charge in [-0.05, 0) is 17.9 Å². The summed E-state index contributed by atoms with van der Waals surface area (Å²) in [5.74, 6) is 1.18. The zero-order chi connectivity index (χ0) is 13.5. The van der Waals surface area contributed by atoms with Gasteiger partial charge in [0.2, 0.25) is 11.8 Å². The van der Waals surface area contributed by atoms with E-state index >= 15 is 0 Å². The lowest BCUT2D eigenvalue weighted by atomic mass is 10.2.